The second-order valence-corrected chi connectivity index (χ2v) is 9.64. The van der Waals surface area contributed by atoms with Crippen LogP contribution < -0.4 is 0 Å². The molecule has 12 heteroatoms. The number of alkyl halides is 3. The van der Waals surface area contributed by atoms with Crippen LogP contribution in [0.15, 0.2) is 66.1 Å². The lowest BCUT2D eigenvalue weighted by Crippen LogP contribution is -2.39. The van der Waals surface area contributed by atoms with E-state index < -0.39 is 43.4 Å². The summed E-state index contributed by atoms with van der Waals surface area (Å²) < 4.78 is 90.2. The minimum absolute atomic E-state index is 0.132. The van der Waals surface area contributed by atoms with Crippen molar-refractivity contribution in [2.24, 2.45) is 5.92 Å². The molecule has 182 valence electrons. The predicted octanol–water partition coefficient (Wildman–Crippen LogP) is 4.48. The van der Waals surface area contributed by atoms with E-state index in [2.05, 4.69) is 10.1 Å². The number of benzene rings is 2. The zero-order valence-electron chi connectivity index (χ0n) is 17.7. The van der Waals surface area contributed by atoms with Gasteiger partial charge in [0.05, 0.1) is 11.4 Å². The summed E-state index contributed by atoms with van der Waals surface area (Å²) in [5.41, 5.74) is -6.92. The summed E-state index contributed by atoms with van der Waals surface area (Å²) in [6.07, 6.45) is 5.90. The monoisotopic (exact) mass is 501 g/mol. The van der Waals surface area contributed by atoms with Crippen molar-refractivity contribution in [3.63, 3.8) is 0 Å². The molecule has 0 spiro atoms. The fraction of sp³-hybridized carbons (Fsp3) is 0.273. The molecule has 2 atom stereocenters. The van der Waals surface area contributed by atoms with Crippen LogP contribution in [0.2, 0.25) is 0 Å². The molecule has 0 unspecified atom stereocenters. The van der Waals surface area contributed by atoms with Crippen LogP contribution in [0.4, 0.5) is 22.0 Å². The van der Waals surface area contributed by atoms with Crippen LogP contribution in [-0.4, -0.2) is 33.8 Å². The van der Waals surface area contributed by atoms with E-state index >= 15 is 0 Å². The highest BCUT2D eigenvalue weighted by atomic mass is 32.2. The summed E-state index contributed by atoms with van der Waals surface area (Å²) >= 11 is 0. The molecule has 3 aromatic rings. The van der Waals surface area contributed by atoms with Crippen molar-refractivity contribution in [1.29, 1.82) is 0 Å². The molecule has 0 amide bonds. The van der Waals surface area contributed by atoms with Gasteiger partial charge in [0, 0.05) is 11.6 Å². The molecule has 0 fully saturated rings. The lowest BCUT2D eigenvalue weighted by molar-refractivity contribution is -0.0436. The maximum Gasteiger partial charge on any atom is 0.501 e. The Morgan fingerprint density at radius 1 is 1.12 bits per heavy atom. The van der Waals surface area contributed by atoms with Crippen molar-refractivity contribution >= 4 is 15.9 Å². The van der Waals surface area contributed by atoms with Crippen molar-refractivity contribution in [3.8, 4) is 0 Å². The summed E-state index contributed by atoms with van der Waals surface area (Å²) in [4.78, 5) is 2.92. The molecule has 3 rings (SSSR count). The van der Waals surface area contributed by atoms with Gasteiger partial charge in [-0.05, 0) is 36.1 Å². The maximum atomic E-state index is 14.5. The molecule has 34 heavy (non-hydrogen) atoms. The van der Waals surface area contributed by atoms with E-state index in [1.54, 1.807) is 13.0 Å². The van der Waals surface area contributed by atoms with Crippen molar-refractivity contribution in [2.75, 3.05) is 0 Å². The Labute approximate surface area is 192 Å². The van der Waals surface area contributed by atoms with Crippen LogP contribution in [0.5, 0.6) is 0 Å². The van der Waals surface area contributed by atoms with E-state index in [-0.39, 0.29) is 18.5 Å². The summed E-state index contributed by atoms with van der Waals surface area (Å²) in [7, 11) is -5.44. The third kappa shape index (κ3) is 5.33. The van der Waals surface area contributed by atoms with Crippen molar-refractivity contribution < 1.29 is 35.5 Å². The molecule has 1 aromatic heterocycles. The van der Waals surface area contributed by atoms with E-state index in [1.807, 2.05) is 0 Å². The summed E-state index contributed by atoms with van der Waals surface area (Å²) in [6.45, 7) is 1.47. The zero-order chi connectivity index (χ0) is 25.1. The van der Waals surface area contributed by atoms with E-state index in [0.29, 0.717) is 11.6 Å². The van der Waals surface area contributed by atoms with E-state index in [9.17, 15) is 35.5 Å². The van der Waals surface area contributed by atoms with Gasteiger partial charge < -0.3 is 5.11 Å². The van der Waals surface area contributed by atoms with E-state index in [4.69, 9.17) is 0 Å². The minimum Gasteiger partial charge on any atom is -0.383 e. The molecule has 0 saturated heterocycles. The minimum atomic E-state index is -5.44. The Hall–Kier alpha value is -3.12. The SMILES string of the molecule is C[C@@H](C/C=C/c1ccc(S(=O)(=O)C(F)(F)F)cc1)[C@](O)(Cn1cncn1)c1ccc(F)cc1F. The van der Waals surface area contributed by atoms with E-state index in [0.717, 1.165) is 24.3 Å². The average molecular weight is 501 g/mol. The van der Waals surface area contributed by atoms with Crippen molar-refractivity contribution in [2.45, 2.75) is 35.9 Å². The highest BCUT2D eigenvalue weighted by Gasteiger charge is 2.46. The molecular formula is C22H20F5N3O3S. The van der Waals surface area contributed by atoms with Gasteiger partial charge in [-0.3, -0.25) is 0 Å². The Bertz CT molecular complexity index is 1260. The number of sulfone groups is 1. The fourth-order valence-corrected chi connectivity index (χ4v) is 4.16. The second kappa shape index (κ2) is 9.63. The Kier molecular flexibility index (Phi) is 7.22. The number of halogens is 5. The molecule has 0 aliphatic rings. The van der Waals surface area contributed by atoms with Gasteiger partial charge in [0.25, 0.3) is 9.84 Å². The van der Waals surface area contributed by atoms with E-state index in [1.165, 1.54) is 35.5 Å². The lowest BCUT2D eigenvalue weighted by atomic mass is 9.80. The third-order valence-electron chi connectivity index (χ3n) is 5.38. The van der Waals surface area contributed by atoms with Gasteiger partial charge in [0.2, 0.25) is 0 Å². The molecule has 0 bridgehead atoms. The average Bonchev–Trinajstić information content (AvgIpc) is 3.25. The first kappa shape index (κ1) is 25.5. The fourth-order valence-electron chi connectivity index (χ4n) is 3.40. The molecule has 2 aromatic carbocycles. The van der Waals surface area contributed by atoms with Crippen LogP contribution in [0.25, 0.3) is 6.08 Å². The van der Waals surface area contributed by atoms with Crippen LogP contribution in [0.1, 0.15) is 24.5 Å². The second-order valence-electron chi connectivity index (χ2n) is 7.70. The quantitative estimate of drug-likeness (QED) is 0.460. The van der Waals surface area contributed by atoms with Gasteiger partial charge in [0.1, 0.15) is 29.9 Å². The number of hydrogen-bond donors (Lipinski definition) is 1. The summed E-state index contributed by atoms with van der Waals surface area (Å²) in [6, 6.07) is 6.97. The van der Waals surface area contributed by atoms with Crippen molar-refractivity contribution in [3.05, 3.63) is 84.0 Å². The molecule has 0 aliphatic heterocycles. The number of allylic oxidation sites excluding steroid dienone is 1. The van der Waals surface area contributed by atoms with Crippen LogP contribution in [-0.2, 0) is 22.0 Å². The summed E-state index contributed by atoms with van der Waals surface area (Å²) in [5, 5.41) is 15.4. The van der Waals surface area contributed by atoms with Gasteiger partial charge >= 0.3 is 5.51 Å². The Balaban J connectivity index is 1.81. The highest BCUT2D eigenvalue weighted by molar-refractivity contribution is 7.92. The number of aromatic nitrogens is 3. The van der Waals surface area contributed by atoms with Gasteiger partial charge in [-0.1, -0.05) is 37.3 Å². The zero-order valence-corrected chi connectivity index (χ0v) is 18.6. The van der Waals surface area contributed by atoms with Gasteiger partial charge in [0.15, 0.2) is 0 Å². The maximum absolute atomic E-state index is 14.5. The first-order valence-electron chi connectivity index (χ1n) is 9.93. The number of rotatable bonds is 8. The Morgan fingerprint density at radius 2 is 1.79 bits per heavy atom. The third-order valence-corrected chi connectivity index (χ3v) is 6.88. The first-order chi connectivity index (χ1) is 15.8. The molecule has 0 saturated carbocycles. The number of nitrogens with zero attached hydrogens (tertiary/aromatic N) is 3. The van der Waals surface area contributed by atoms with Crippen molar-refractivity contribution in [1.82, 2.24) is 14.8 Å². The topological polar surface area (TPSA) is 85.1 Å². The molecular weight excluding hydrogens is 481 g/mol. The lowest BCUT2D eigenvalue weighted by Gasteiger charge is -2.34. The number of aliphatic hydroxyl groups is 1. The predicted molar refractivity (Wildman–Crippen MR) is 113 cm³/mol. The standard InChI is InChI=1S/C22H20F5N3O3S/c1-15(3-2-4-16-5-8-18(9-6-16)34(32,33)22(25,26)27)21(31,12-30-14-28-13-29-30)19-10-7-17(23)11-20(19)24/h2,4-11,13-15,31H,3,12H2,1H3/b4-2+/t15-,21+/m0/s1. The smallest absolute Gasteiger partial charge is 0.383 e. The van der Waals surface area contributed by atoms with Gasteiger partial charge in [-0.2, -0.15) is 18.3 Å². The molecule has 0 aliphatic carbocycles. The highest BCUT2D eigenvalue weighted by Crippen LogP contribution is 2.36. The molecule has 6 nitrogen and oxygen atoms in total. The van der Waals surface area contributed by atoms with Crippen LogP contribution >= 0.6 is 0 Å². The normalized spacial score (nSPS) is 15.4. The largest absolute Gasteiger partial charge is 0.501 e. The molecule has 1 heterocycles. The first-order valence-corrected chi connectivity index (χ1v) is 11.4. The van der Waals surface area contributed by atoms with Crippen LogP contribution in [0, 0.1) is 17.6 Å². The van der Waals surface area contributed by atoms with Gasteiger partial charge in [-0.25, -0.2) is 26.9 Å². The molecule has 1 N–H and O–H groups in total. The summed E-state index contributed by atoms with van der Waals surface area (Å²) in [5.74, 6) is -2.36. The number of hydrogen-bond acceptors (Lipinski definition) is 5. The van der Waals surface area contributed by atoms with Crippen LogP contribution in [0.3, 0.4) is 0 Å². The molecule has 0 radical (unpaired) electrons. The Morgan fingerprint density at radius 3 is 2.35 bits per heavy atom. The van der Waals surface area contributed by atoms with Gasteiger partial charge in [-0.15, -0.1) is 0 Å².